The average molecular weight is 368 g/mol. The Morgan fingerprint density at radius 2 is 1.48 bits per heavy atom. The topological polar surface area (TPSA) is 15.8 Å². The third kappa shape index (κ3) is 2.60. The Labute approximate surface area is 163 Å². The predicted molar refractivity (Wildman–Crippen MR) is 119 cm³/mol. The number of thiophene rings is 1. The molecular formula is C25H21NS. The Balaban J connectivity index is 1.87. The van der Waals surface area contributed by atoms with Gasteiger partial charge in [-0.3, -0.25) is 0 Å². The Morgan fingerprint density at radius 3 is 2.26 bits per heavy atom. The highest BCUT2D eigenvalue weighted by molar-refractivity contribution is 7.22. The summed E-state index contributed by atoms with van der Waals surface area (Å²) in [4.78, 5) is 5.07. The number of aromatic nitrogens is 1. The van der Waals surface area contributed by atoms with E-state index in [0.29, 0.717) is 0 Å². The second kappa shape index (κ2) is 6.11. The van der Waals surface area contributed by atoms with Gasteiger partial charge in [-0.25, -0.2) is 0 Å². The molecule has 3 aromatic carbocycles. The van der Waals surface area contributed by atoms with Crippen molar-refractivity contribution in [3.63, 3.8) is 0 Å². The van der Waals surface area contributed by atoms with Crippen molar-refractivity contribution in [3.8, 4) is 21.7 Å². The minimum atomic E-state index is 1.20. The van der Waals surface area contributed by atoms with Crippen LogP contribution in [0.5, 0.6) is 0 Å². The molecule has 0 aliphatic heterocycles. The molecule has 0 radical (unpaired) electrons. The van der Waals surface area contributed by atoms with Gasteiger partial charge in [0, 0.05) is 21.2 Å². The van der Waals surface area contributed by atoms with Crippen LogP contribution in [0.15, 0.2) is 66.7 Å². The molecule has 0 aliphatic rings. The molecule has 2 heteroatoms. The van der Waals surface area contributed by atoms with E-state index in [-0.39, 0.29) is 0 Å². The largest absolute Gasteiger partial charge is 0.353 e. The summed E-state index contributed by atoms with van der Waals surface area (Å²) in [5, 5.41) is 2.65. The van der Waals surface area contributed by atoms with Crippen LogP contribution in [0.1, 0.15) is 16.7 Å². The Hall–Kier alpha value is -2.84. The van der Waals surface area contributed by atoms with E-state index in [9.17, 15) is 0 Å². The van der Waals surface area contributed by atoms with E-state index in [1.807, 2.05) is 11.3 Å². The zero-order valence-corrected chi connectivity index (χ0v) is 16.6. The first kappa shape index (κ1) is 16.3. The van der Waals surface area contributed by atoms with Crippen molar-refractivity contribution < 1.29 is 0 Å². The van der Waals surface area contributed by atoms with Gasteiger partial charge in [0.15, 0.2) is 0 Å². The van der Waals surface area contributed by atoms with Gasteiger partial charge in [0.1, 0.15) is 0 Å². The summed E-state index contributed by atoms with van der Waals surface area (Å²) in [6.07, 6.45) is 0. The van der Waals surface area contributed by atoms with Crippen LogP contribution in [-0.4, -0.2) is 4.98 Å². The molecule has 2 aromatic heterocycles. The summed E-state index contributed by atoms with van der Waals surface area (Å²) in [5.74, 6) is 0. The smallest absolute Gasteiger partial charge is 0.0649 e. The maximum atomic E-state index is 3.73. The zero-order valence-electron chi connectivity index (χ0n) is 15.8. The maximum absolute atomic E-state index is 3.73. The van der Waals surface area contributed by atoms with Crippen LogP contribution in [0.3, 0.4) is 0 Å². The maximum Gasteiger partial charge on any atom is 0.0649 e. The number of hydrogen-bond acceptors (Lipinski definition) is 1. The number of aromatic amines is 1. The van der Waals surface area contributed by atoms with Crippen molar-refractivity contribution in [2.75, 3.05) is 0 Å². The Kier molecular flexibility index (Phi) is 3.70. The first-order chi connectivity index (χ1) is 13.1. The lowest BCUT2D eigenvalue weighted by molar-refractivity contribution is 1.44. The third-order valence-corrected chi connectivity index (χ3v) is 6.66. The van der Waals surface area contributed by atoms with Gasteiger partial charge in [-0.1, -0.05) is 59.7 Å². The standard InChI is InChI=1S/C25H21NS/c1-15-8-11-18(12-9-15)23-20-14-16(2)10-13-21(20)26-24(23)25-17(3)19-6-4-5-7-22(19)27-25/h4-14,26H,1-3H3. The van der Waals surface area contributed by atoms with Crippen molar-refractivity contribution in [1.82, 2.24) is 4.98 Å². The average Bonchev–Trinajstić information content (AvgIpc) is 3.20. The molecule has 2 heterocycles. The molecular weight excluding hydrogens is 346 g/mol. The van der Waals surface area contributed by atoms with Crippen molar-refractivity contribution in [2.45, 2.75) is 20.8 Å². The zero-order chi connectivity index (χ0) is 18.5. The summed E-state index contributed by atoms with van der Waals surface area (Å²) in [5.41, 5.74) is 8.94. The summed E-state index contributed by atoms with van der Waals surface area (Å²) in [6, 6.07) is 24.3. The summed E-state index contributed by atoms with van der Waals surface area (Å²) in [7, 11) is 0. The molecule has 27 heavy (non-hydrogen) atoms. The van der Waals surface area contributed by atoms with Gasteiger partial charge in [-0.15, -0.1) is 11.3 Å². The van der Waals surface area contributed by atoms with Crippen LogP contribution in [-0.2, 0) is 0 Å². The summed E-state index contributed by atoms with van der Waals surface area (Å²) in [6.45, 7) is 6.54. The van der Waals surface area contributed by atoms with Gasteiger partial charge in [0.2, 0.25) is 0 Å². The number of rotatable bonds is 2. The fraction of sp³-hybridized carbons (Fsp3) is 0.120. The molecule has 0 spiro atoms. The second-order valence-electron chi connectivity index (χ2n) is 7.34. The second-order valence-corrected chi connectivity index (χ2v) is 8.39. The number of benzene rings is 3. The SMILES string of the molecule is Cc1ccc(-c2c(-c3sc4ccccc4c3C)[nH]c3ccc(C)cc23)cc1. The van der Waals surface area contributed by atoms with Crippen molar-refractivity contribution >= 4 is 32.3 Å². The van der Waals surface area contributed by atoms with E-state index in [1.54, 1.807) is 0 Å². The molecule has 0 amide bonds. The van der Waals surface area contributed by atoms with Crippen LogP contribution in [0.2, 0.25) is 0 Å². The Morgan fingerprint density at radius 1 is 0.741 bits per heavy atom. The van der Waals surface area contributed by atoms with Crippen molar-refractivity contribution in [1.29, 1.82) is 0 Å². The molecule has 0 saturated carbocycles. The van der Waals surface area contributed by atoms with Gasteiger partial charge < -0.3 is 4.98 Å². The lowest BCUT2D eigenvalue weighted by Gasteiger charge is -2.06. The molecule has 0 bridgehead atoms. The van der Waals surface area contributed by atoms with Crippen LogP contribution in [0.4, 0.5) is 0 Å². The molecule has 0 saturated heterocycles. The quantitative estimate of drug-likeness (QED) is 0.330. The molecule has 132 valence electrons. The van der Waals surface area contributed by atoms with E-state index >= 15 is 0 Å². The van der Waals surface area contributed by atoms with Crippen molar-refractivity contribution in [3.05, 3.63) is 83.4 Å². The first-order valence-electron chi connectivity index (χ1n) is 9.29. The van der Waals surface area contributed by atoms with Gasteiger partial charge in [0.25, 0.3) is 0 Å². The highest BCUT2D eigenvalue weighted by Crippen LogP contribution is 2.45. The van der Waals surface area contributed by atoms with E-state index in [1.165, 1.54) is 59.4 Å². The minimum absolute atomic E-state index is 1.20. The van der Waals surface area contributed by atoms with Crippen LogP contribution in [0, 0.1) is 20.8 Å². The van der Waals surface area contributed by atoms with E-state index in [0.717, 1.165) is 0 Å². The fourth-order valence-electron chi connectivity index (χ4n) is 3.91. The Bertz CT molecular complexity index is 1290. The summed E-state index contributed by atoms with van der Waals surface area (Å²) < 4.78 is 1.34. The number of fused-ring (bicyclic) bond motifs is 2. The molecule has 1 nitrogen and oxygen atoms in total. The molecule has 5 rings (SSSR count). The van der Waals surface area contributed by atoms with Gasteiger partial charge in [0.05, 0.1) is 10.6 Å². The first-order valence-corrected chi connectivity index (χ1v) is 10.1. The highest BCUT2D eigenvalue weighted by Gasteiger charge is 2.19. The van der Waals surface area contributed by atoms with Crippen LogP contribution >= 0.6 is 11.3 Å². The molecule has 0 atom stereocenters. The lowest BCUT2D eigenvalue weighted by atomic mass is 9.98. The van der Waals surface area contributed by atoms with Crippen LogP contribution in [0.25, 0.3) is 42.7 Å². The molecule has 5 aromatic rings. The van der Waals surface area contributed by atoms with Gasteiger partial charge in [-0.2, -0.15) is 0 Å². The number of H-pyrrole nitrogens is 1. The number of aryl methyl sites for hydroxylation is 3. The van der Waals surface area contributed by atoms with E-state index in [2.05, 4.69) is 92.5 Å². The predicted octanol–water partition coefficient (Wildman–Crippen LogP) is 7.64. The highest BCUT2D eigenvalue weighted by atomic mass is 32.1. The van der Waals surface area contributed by atoms with Gasteiger partial charge >= 0.3 is 0 Å². The normalized spacial score (nSPS) is 11.5. The molecule has 0 fully saturated rings. The summed E-state index contributed by atoms with van der Waals surface area (Å²) >= 11 is 1.88. The molecule has 1 N–H and O–H groups in total. The number of hydrogen-bond donors (Lipinski definition) is 1. The minimum Gasteiger partial charge on any atom is -0.353 e. The van der Waals surface area contributed by atoms with Crippen LogP contribution < -0.4 is 0 Å². The van der Waals surface area contributed by atoms with Crippen molar-refractivity contribution in [2.24, 2.45) is 0 Å². The molecule has 0 aliphatic carbocycles. The van der Waals surface area contributed by atoms with E-state index < -0.39 is 0 Å². The third-order valence-electron chi connectivity index (χ3n) is 5.37. The van der Waals surface area contributed by atoms with E-state index in [4.69, 9.17) is 0 Å². The fourth-order valence-corrected chi connectivity index (χ4v) is 5.12. The van der Waals surface area contributed by atoms with Gasteiger partial charge in [-0.05, 0) is 55.5 Å². The number of nitrogens with one attached hydrogen (secondary N) is 1. The lowest BCUT2D eigenvalue weighted by Crippen LogP contribution is -1.83. The molecule has 0 unspecified atom stereocenters. The monoisotopic (exact) mass is 367 g/mol.